The number of nitrogens with two attached hydrogens (primary N) is 1. The molecule has 0 fully saturated rings. The third-order valence-corrected chi connectivity index (χ3v) is 6.49. The molecular formula is C23H21F6N3O6S. The zero-order valence-corrected chi connectivity index (χ0v) is 20.7. The van der Waals surface area contributed by atoms with E-state index >= 15 is 0 Å². The molecule has 0 bridgehead atoms. The monoisotopic (exact) mass is 581 g/mol. The van der Waals surface area contributed by atoms with Crippen LogP contribution in [-0.2, 0) is 15.8 Å². The number of aromatic nitrogens is 1. The van der Waals surface area contributed by atoms with E-state index in [-0.39, 0.29) is 22.2 Å². The number of aliphatic hydroxyl groups is 2. The summed E-state index contributed by atoms with van der Waals surface area (Å²) in [4.78, 5) is 4.87. The van der Waals surface area contributed by atoms with E-state index in [1.54, 1.807) is 0 Å². The first kappa shape index (κ1) is 28.7. The Balaban J connectivity index is 1.91. The molecule has 0 aliphatic carbocycles. The van der Waals surface area contributed by atoms with Crippen LogP contribution >= 0.6 is 0 Å². The third kappa shape index (κ3) is 6.13. The van der Waals surface area contributed by atoms with Crippen LogP contribution in [0.4, 0.5) is 32.0 Å². The SMILES string of the molecule is Cc1cc(CS(N)(=O)=O)ccc1N1C(O)c2c(c(OCC(F)(F)F)c3ncccc3c2OCC(F)(F)F)C1O. The minimum Gasteiger partial charge on any atom is -0.483 e. The highest BCUT2D eigenvalue weighted by Crippen LogP contribution is 2.54. The van der Waals surface area contributed by atoms with Gasteiger partial charge in [-0.05, 0) is 36.2 Å². The zero-order valence-electron chi connectivity index (χ0n) is 19.9. The highest BCUT2D eigenvalue weighted by Gasteiger charge is 2.45. The summed E-state index contributed by atoms with van der Waals surface area (Å²) in [7, 11) is -3.90. The van der Waals surface area contributed by atoms with Crippen LogP contribution in [0.1, 0.15) is 34.7 Å². The van der Waals surface area contributed by atoms with Crippen LogP contribution in [0, 0.1) is 6.92 Å². The summed E-state index contributed by atoms with van der Waals surface area (Å²) in [6.07, 6.45) is -12.3. The van der Waals surface area contributed by atoms with Gasteiger partial charge >= 0.3 is 12.4 Å². The van der Waals surface area contributed by atoms with Crippen molar-refractivity contribution < 1.29 is 54.4 Å². The molecule has 1 aliphatic rings. The average molecular weight is 581 g/mol. The van der Waals surface area contributed by atoms with Crippen LogP contribution in [-0.4, -0.2) is 49.2 Å². The van der Waals surface area contributed by atoms with E-state index in [0.717, 1.165) is 11.1 Å². The summed E-state index contributed by atoms with van der Waals surface area (Å²) in [5.74, 6) is -1.68. The number of alkyl halides is 6. The molecule has 4 N–H and O–H groups in total. The van der Waals surface area contributed by atoms with Crippen molar-refractivity contribution in [2.24, 2.45) is 5.14 Å². The number of aryl methyl sites for hydroxylation is 1. The highest BCUT2D eigenvalue weighted by atomic mass is 32.2. The van der Waals surface area contributed by atoms with Gasteiger partial charge in [0.2, 0.25) is 10.0 Å². The molecule has 1 aliphatic heterocycles. The fourth-order valence-electron chi connectivity index (χ4n) is 4.41. The summed E-state index contributed by atoms with van der Waals surface area (Å²) in [5.41, 5.74) is -0.588. The van der Waals surface area contributed by atoms with E-state index in [9.17, 15) is 45.0 Å². The molecule has 9 nitrogen and oxygen atoms in total. The Morgan fingerprint density at radius 2 is 1.54 bits per heavy atom. The molecule has 2 atom stereocenters. The van der Waals surface area contributed by atoms with E-state index in [2.05, 4.69) is 4.98 Å². The normalized spacial score (nSPS) is 17.9. The van der Waals surface area contributed by atoms with Gasteiger partial charge in [-0.15, -0.1) is 0 Å². The summed E-state index contributed by atoms with van der Waals surface area (Å²) in [5, 5.41) is 27.4. The zero-order chi connectivity index (χ0) is 28.9. The van der Waals surface area contributed by atoms with Crippen LogP contribution in [0.3, 0.4) is 0 Å². The van der Waals surface area contributed by atoms with Crippen molar-refractivity contribution in [3.63, 3.8) is 0 Å². The lowest BCUT2D eigenvalue weighted by atomic mass is 10.0. The maximum atomic E-state index is 13.1. The topological polar surface area (TPSA) is 135 Å². The first-order valence-corrected chi connectivity index (χ1v) is 12.8. The number of nitrogens with zero attached hydrogens (tertiary/aromatic N) is 2. The number of hydrogen-bond donors (Lipinski definition) is 3. The number of pyridine rings is 1. The first-order chi connectivity index (χ1) is 18.0. The van der Waals surface area contributed by atoms with Gasteiger partial charge in [0.15, 0.2) is 31.4 Å². The Morgan fingerprint density at radius 3 is 2.08 bits per heavy atom. The molecule has 2 aromatic carbocycles. The van der Waals surface area contributed by atoms with Gasteiger partial charge < -0.3 is 24.6 Å². The third-order valence-electron chi connectivity index (χ3n) is 5.76. The van der Waals surface area contributed by atoms with Gasteiger partial charge in [-0.2, -0.15) is 26.3 Å². The smallest absolute Gasteiger partial charge is 0.422 e. The van der Waals surface area contributed by atoms with Crippen molar-refractivity contribution in [1.29, 1.82) is 0 Å². The van der Waals surface area contributed by atoms with Gasteiger partial charge in [-0.1, -0.05) is 12.1 Å². The Hall–Kier alpha value is -3.34. The van der Waals surface area contributed by atoms with Gasteiger partial charge in [-0.3, -0.25) is 4.98 Å². The van der Waals surface area contributed by atoms with Crippen molar-refractivity contribution in [2.45, 2.75) is 37.5 Å². The molecule has 0 radical (unpaired) electrons. The molecule has 1 aromatic heterocycles. The fourth-order valence-corrected chi connectivity index (χ4v) is 5.06. The average Bonchev–Trinajstić information content (AvgIpc) is 3.04. The first-order valence-electron chi connectivity index (χ1n) is 11.0. The highest BCUT2D eigenvalue weighted by molar-refractivity contribution is 7.88. The minimum atomic E-state index is -4.82. The number of benzene rings is 2. The second-order valence-corrected chi connectivity index (χ2v) is 10.4. The quantitative estimate of drug-likeness (QED) is 0.360. The van der Waals surface area contributed by atoms with Crippen molar-refractivity contribution in [3.8, 4) is 11.5 Å². The maximum Gasteiger partial charge on any atom is 0.422 e. The molecule has 16 heteroatoms. The van der Waals surface area contributed by atoms with Gasteiger partial charge in [0.05, 0.1) is 16.9 Å². The van der Waals surface area contributed by atoms with Gasteiger partial charge in [-0.25, -0.2) is 13.6 Å². The summed E-state index contributed by atoms with van der Waals surface area (Å²) >= 11 is 0. The number of halogens is 6. The maximum absolute atomic E-state index is 13.1. The molecule has 3 aromatic rings. The summed E-state index contributed by atoms with van der Waals surface area (Å²) in [6, 6.07) is 6.56. The summed E-state index contributed by atoms with van der Waals surface area (Å²) in [6.45, 7) is -2.14. The van der Waals surface area contributed by atoms with E-state index in [1.165, 1.54) is 37.3 Å². The van der Waals surface area contributed by atoms with E-state index < -0.39 is 76.4 Å². The van der Waals surface area contributed by atoms with E-state index in [1.807, 2.05) is 0 Å². The Labute approximate surface area is 217 Å². The number of fused-ring (bicyclic) bond motifs is 2. The van der Waals surface area contributed by atoms with Crippen LogP contribution < -0.4 is 19.5 Å². The molecule has 4 rings (SSSR count). The number of aliphatic hydroxyl groups excluding tert-OH is 2. The molecule has 0 saturated heterocycles. The second kappa shape index (κ2) is 10.0. The van der Waals surface area contributed by atoms with Crippen LogP contribution in [0.2, 0.25) is 0 Å². The van der Waals surface area contributed by atoms with Crippen LogP contribution in [0.25, 0.3) is 10.9 Å². The molecule has 39 heavy (non-hydrogen) atoms. The molecule has 0 saturated carbocycles. The summed E-state index contributed by atoms with van der Waals surface area (Å²) < 4.78 is 111. The standard InChI is InChI=1S/C23H21F6N3O6S/c1-11-7-12(8-39(30,35)36)4-5-14(11)32-20(33)15-16(21(32)34)19(38-10-23(27,28)29)17-13(3-2-6-31-17)18(15)37-9-22(24,25)26/h2-7,20-21,33-34H,8-10H2,1H3,(H2,30,35,36). The van der Waals surface area contributed by atoms with E-state index in [4.69, 9.17) is 14.6 Å². The molecule has 0 amide bonds. The number of rotatable bonds is 7. The Bertz CT molecular complexity index is 1440. The number of hydrogen-bond acceptors (Lipinski definition) is 8. The van der Waals surface area contributed by atoms with E-state index in [0.29, 0.717) is 5.56 Å². The molecular weight excluding hydrogens is 560 g/mol. The number of ether oxygens (including phenoxy) is 2. The second-order valence-electron chi connectivity index (χ2n) is 8.78. The van der Waals surface area contributed by atoms with Crippen molar-refractivity contribution in [1.82, 2.24) is 4.98 Å². The molecule has 2 unspecified atom stereocenters. The van der Waals surface area contributed by atoms with Crippen LogP contribution in [0.15, 0.2) is 36.5 Å². The molecule has 0 spiro atoms. The van der Waals surface area contributed by atoms with Gasteiger partial charge in [0.25, 0.3) is 0 Å². The van der Waals surface area contributed by atoms with Crippen LogP contribution in [0.5, 0.6) is 11.5 Å². The lowest BCUT2D eigenvalue weighted by Gasteiger charge is -2.28. The lowest BCUT2D eigenvalue weighted by molar-refractivity contribution is -0.154. The van der Waals surface area contributed by atoms with Crippen molar-refractivity contribution >= 4 is 26.6 Å². The lowest BCUT2D eigenvalue weighted by Crippen LogP contribution is -2.27. The number of anilines is 1. The predicted octanol–water partition coefficient (Wildman–Crippen LogP) is 3.72. The van der Waals surface area contributed by atoms with Crippen molar-refractivity contribution in [3.05, 3.63) is 58.8 Å². The molecule has 2 heterocycles. The Kier molecular flexibility index (Phi) is 7.35. The number of sulfonamides is 1. The largest absolute Gasteiger partial charge is 0.483 e. The minimum absolute atomic E-state index is 0.0879. The fraction of sp³-hybridized carbons (Fsp3) is 0.348. The Morgan fingerprint density at radius 1 is 0.974 bits per heavy atom. The number of primary sulfonamides is 1. The van der Waals surface area contributed by atoms with Gasteiger partial charge in [0.1, 0.15) is 11.3 Å². The van der Waals surface area contributed by atoms with Crippen molar-refractivity contribution in [2.75, 3.05) is 18.1 Å². The van der Waals surface area contributed by atoms with Gasteiger partial charge in [0, 0.05) is 17.3 Å². The molecule has 212 valence electrons. The predicted molar refractivity (Wildman–Crippen MR) is 125 cm³/mol.